The maximum atomic E-state index is 15.4. The Morgan fingerprint density at radius 1 is 0.889 bits per heavy atom. The molecule has 0 saturated heterocycles. The lowest BCUT2D eigenvalue weighted by Gasteiger charge is -2.36. The van der Waals surface area contributed by atoms with Gasteiger partial charge in [-0.05, 0) is 59.0 Å². The van der Waals surface area contributed by atoms with Crippen LogP contribution < -0.4 is 10.2 Å². The largest absolute Gasteiger partial charge is 0.457 e. The molecule has 3 aromatic rings. The number of carbonyl (C=O) groups excluding carboxylic acids is 2. The lowest BCUT2D eigenvalue weighted by atomic mass is 9.86. The minimum absolute atomic E-state index is 0.00428. The highest BCUT2D eigenvalue weighted by atomic mass is 127. The molecule has 0 aliphatic carbocycles. The van der Waals surface area contributed by atoms with Crippen molar-refractivity contribution in [3.63, 3.8) is 0 Å². The van der Waals surface area contributed by atoms with E-state index < -0.39 is 91.5 Å². The second-order valence-corrected chi connectivity index (χ2v) is 10.5. The molecule has 20 heteroatoms. The smallest absolute Gasteiger partial charge is 0.320 e. The fraction of sp³-hybridized carbons (Fsp3) is 0.240. The van der Waals surface area contributed by atoms with Gasteiger partial charge in [0.05, 0.1) is 28.1 Å². The SMILES string of the molecule is CN(C(=O)c1ccc(Cl)nc1)c1cccc(C(=O)Nc2c(I)cc(C(F)(C(F)(F)F)C(F)(F)C(F)(F)F)cc2C(F)(F)F)c1F. The third-order valence-corrected chi connectivity index (χ3v) is 7.15. The Bertz CT molecular complexity index is 1630. The first-order chi connectivity index (χ1) is 20.4. The van der Waals surface area contributed by atoms with Gasteiger partial charge in [-0.3, -0.25) is 9.59 Å². The molecule has 0 saturated carbocycles. The van der Waals surface area contributed by atoms with Crippen LogP contribution in [0.15, 0.2) is 48.7 Å². The average Bonchev–Trinajstić information content (AvgIpc) is 2.91. The number of aromatic nitrogens is 1. The van der Waals surface area contributed by atoms with Gasteiger partial charge in [0, 0.05) is 22.4 Å². The summed E-state index contributed by atoms with van der Waals surface area (Å²) in [5.41, 5.74) is -15.3. The number of halogens is 15. The first-order valence-electron chi connectivity index (χ1n) is 11.5. The van der Waals surface area contributed by atoms with Crippen LogP contribution in [0.3, 0.4) is 0 Å². The molecule has 1 heterocycles. The van der Waals surface area contributed by atoms with E-state index in [0.717, 1.165) is 48.0 Å². The fourth-order valence-corrected chi connectivity index (χ4v) is 4.69. The quantitative estimate of drug-likeness (QED) is 0.154. The van der Waals surface area contributed by atoms with Crippen LogP contribution in [0.5, 0.6) is 0 Å². The summed E-state index contributed by atoms with van der Waals surface area (Å²) in [5, 5.41) is 1.52. The summed E-state index contributed by atoms with van der Waals surface area (Å²) in [5.74, 6) is -11.4. The van der Waals surface area contributed by atoms with E-state index in [1.54, 1.807) is 0 Å². The van der Waals surface area contributed by atoms with Crippen molar-refractivity contribution in [3.8, 4) is 0 Å². The third-order valence-electron chi connectivity index (χ3n) is 6.07. The molecule has 0 radical (unpaired) electrons. The maximum absolute atomic E-state index is 15.4. The molecule has 244 valence electrons. The zero-order valence-electron chi connectivity index (χ0n) is 21.5. The van der Waals surface area contributed by atoms with Crippen LogP contribution >= 0.6 is 34.2 Å². The zero-order chi connectivity index (χ0) is 34.5. The summed E-state index contributed by atoms with van der Waals surface area (Å²) in [6.45, 7) is 0. The molecule has 0 bridgehead atoms. The number of hydrogen-bond acceptors (Lipinski definition) is 3. The minimum atomic E-state index is -7.27. The van der Waals surface area contributed by atoms with E-state index in [2.05, 4.69) is 4.98 Å². The predicted octanol–water partition coefficient (Wildman–Crippen LogP) is 8.95. The van der Waals surface area contributed by atoms with Gasteiger partial charge in [-0.1, -0.05) is 17.7 Å². The van der Waals surface area contributed by atoms with Crippen LogP contribution in [0, 0.1) is 9.39 Å². The Balaban J connectivity index is 2.12. The molecule has 0 spiro atoms. The van der Waals surface area contributed by atoms with Crippen LogP contribution in [-0.2, 0) is 11.8 Å². The van der Waals surface area contributed by atoms with Crippen LogP contribution in [0.4, 0.5) is 68.5 Å². The van der Waals surface area contributed by atoms with Crippen LogP contribution in [0.25, 0.3) is 0 Å². The fourth-order valence-electron chi connectivity index (χ4n) is 3.81. The number of carbonyl (C=O) groups is 2. The first kappa shape index (κ1) is 36.1. The molecule has 2 aromatic carbocycles. The third kappa shape index (κ3) is 6.63. The van der Waals surface area contributed by atoms with Crippen molar-refractivity contribution in [2.24, 2.45) is 0 Å². The number of amides is 2. The van der Waals surface area contributed by atoms with Crippen molar-refractivity contribution in [3.05, 3.63) is 85.5 Å². The van der Waals surface area contributed by atoms with Gasteiger partial charge in [-0.25, -0.2) is 13.8 Å². The van der Waals surface area contributed by atoms with Gasteiger partial charge >= 0.3 is 30.1 Å². The van der Waals surface area contributed by atoms with E-state index >= 15 is 4.39 Å². The highest BCUT2D eigenvalue weighted by Gasteiger charge is 2.82. The summed E-state index contributed by atoms with van der Waals surface area (Å²) >= 11 is 6.37. The number of nitrogens with zero attached hydrogens (tertiary/aromatic N) is 2. The molecular formula is C25H12ClF13IN3O2. The molecule has 1 aromatic heterocycles. The summed E-state index contributed by atoms with van der Waals surface area (Å²) < 4.78 is 178. The number of hydrogen-bond donors (Lipinski definition) is 1. The first-order valence-corrected chi connectivity index (χ1v) is 12.9. The van der Waals surface area contributed by atoms with Gasteiger partial charge in [-0.2, -0.15) is 48.3 Å². The molecule has 0 fully saturated rings. The van der Waals surface area contributed by atoms with Crippen molar-refractivity contribution in [1.82, 2.24) is 4.98 Å². The van der Waals surface area contributed by atoms with Crippen LogP contribution in [0.1, 0.15) is 31.8 Å². The molecule has 3 rings (SSSR count). The van der Waals surface area contributed by atoms with Gasteiger partial charge in [0.15, 0.2) is 5.82 Å². The van der Waals surface area contributed by atoms with Gasteiger partial charge in [-0.15, -0.1) is 0 Å². The molecule has 2 amide bonds. The number of benzene rings is 2. The standard InChI is InChI=1S/C25H12ClF13IN3O2/c1-43(20(45)10-5-6-16(26)41-9-10)15-4-2-3-12(17(15)27)19(44)42-18-13(22(29,30)31)7-11(8-14(18)40)21(28,24(34,35)36)23(32,33)25(37,38)39/h2-9H,1H3,(H,42,44). The lowest BCUT2D eigenvalue weighted by molar-refractivity contribution is -0.389. The normalized spacial score (nSPS) is 14.1. The van der Waals surface area contributed by atoms with Crippen molar-refractivity contribution >= 4 is 57.4 Å². The van der Waals surface area contributed by atoms with E-state index in [0.29, 0.717) is 11.0 Å². The van der Waals surface area contributed by atoms with E-state index in [4.69, 9.17) is 11.6 Å². The molecule has 1 unspecified atom stereocenters. The number of nitrogens with one attached hydrogen (secondary N) is 1. The Kier molecular flexibility index (Phi) is 9.71. The molecule has 45 heavy (non-hydrogen) atoms. The molecular weight excluding hydrogens is 784 g/mol. The van der Waals surface area contributed by atoms with Crippen molar-refractivity contribution in [1.29, 1.82) is 0 Å². The van der Waals surface area contributed by atoms with E-state index in [1.165, 1.54) is 17.4 Å². The van der Waals surface area contributed by atoms with Gasteiger partial charge in [0.1, 0.15) is 5.15 Å². The Labute approximate surface area is 261 Å². The lowest BCUT2D eigenvalue weighted by Crippen LogP contribution is -2.59. The predicted molar refractivity (Wildman–Crippen MR) is 140 cm³/mol. The topological polar surface area (TPSA) is 62.3 Å². The zero-order valence-corrected chi connectivity index (χ0v) is 24.4. The van der Waals surface area contributed by atoms with Gasteiger partial charge in [0.2, 0.25) is 0 Å². The molecule has 1 atom stereocenters. The average molecular weight is 796 g/mol. The number of rotatable bonds is 6. The van der Waals surface area contributed by atoms with Gasteiger partial charge < -0.3 is 10.2 Å². The van der Waals surface area contributed by atoms with E-state index in [1.807, 2.05) is 0 Å². The van der Waals surface area contributed by atoms with Crippen LogP contribution in [0.2, 0.25) is 5.15 Å². The molecule has 0 aliphatic heterocycles. The second kappa shape index (κ2) is 12.1. The molecule has 0 aliphatic rings. The minimum Gasteiger partial charge on any atom is -0.320 e. The summed E-state index contributed by atoms with van der Waals surface area (Å²) in [6.07, 6.45) is -19.2. The second-order valence-electron chi connectivity index (χ2n) is 8.93. The van der Waals surface area contributed by atoms with E-state index in [9.17, 15) is 62.3 Å². The Morgan fingerprint density at radius 2 is 1.49 bits per heavy atom. The highest BCUT2D eigenvalue weighted by Crippen LogP contribution is 2.59. The summed E-state index contributed by atoms with van der Waals surface area (Å²) in [7, 11) is 1.04. The van der Waals surface area contributed by atoms with Gasteiger partial charge in [0.25, 0.3) is 11.8 Å². The summed E-state index contributed by atoms with van der Waals surface area (Å²) in [4.78, 5) is 29.9. The molecule has 5 nitrogen and oxygen atoms in total. The van der Waals surface area contributed by atoms with E-state index in [-0.39, 0.29) is 10.7 Å². The molecule has 1 N–H and O–H groups in total. The van der Waals surface area contributed by atoms with Crippen molar-refractivity contribution in [2.45, 2.75) is 30.1 Å². The summed E-state index contributed by atoms with van der Waals surface area (Å²) in [6, 6.07) is 3.73. The van der Waals surface area contributed by atoms with Crippen molar-refractivity contribution < 1.29 is 66.7 Å². The Hall–Kier alpha value is -3.36. The maximum Gasteiger partial charge on any atom is 0.457 e. The monoisotopic (exact) mass is 795 g/mol. The van der Waals surface area contributed by atoms with Crippen LogP contribution in [-0.4, -0.2) is 42.1 Å². The number of anilines is 2. The van der Waals surface area contributed by atoms with Crippen molar-refractivity contribution in [2.75, 3.05) is 17.3 Å². The highest BCUT2D eigenvalue weighted by molar-refractivity contribution is 14.1. The Morgan fingerprint density at radius 3 is 1.98 bits per heavy atom. The number of pyridine rings is 1. The number of alkyl halides is 12.